The van der Waals surface area contributed by atoms with E-state index in [4.69, 9.17) is 16.3 Å². The molecule has 0 spiro atoms. The third-order valence-electron chi connectivity index (χ3n) is 3.51. The SMILES string of the molecule is COCCNCc1ccc(N2CCS(=O)(=O)CC2)c(Cl)c1. The molecule has 5 nitrogen and oxygen atoms in total. The van der Waals surface area contributed by atoms with Crippen molar-refractivity contribution < 1.29 is 13.2 Å². The van der Waals surface area contributed by atoms with Crippen molar-refractivity contribution in [3.05, 3.63) is 28.8 Å². The third-order valence-corrected chi connectivity index (χ3v) is 5.42. The Bertz CT molecular complexity index is 564. The fraction of sp³-hybridized carbons (Fsp3) is 0.571. The van der Waals surface area contributed by atoms with Crippen molar-refractivity contribution in [3.63, 3.8) is 0 Å². The molecule has 1 saturated heterocycles. The highest BCUT2D eigenvalue weighted by Crippen LogP contribution is 2.28. The van der Waals surface area contributed by atoms with E-state index < -0.39 is 9.84 Å². The molecule has 0 unspecified atom stereocenters. The summed E-state index contributed by atoms with van der Waals surface area (Å²) in [5, 5.41) is 3.93. The summed E-state index contributed by atoms with van der Waals surface area (Å²) in [6.07, 6.45) is 0. The predicted octanol–water partition coefficient (Wildman–Crippen LogP) is 1.31. The molecule has 0 aromatic heterocycles. The van der Waals surface area contributed by atoms with Crippen molar-refractivity contribution in [2.24, 2.45) is 0 Å². The maximum atomic E-state index is 11.5. The lowest BCUT2D eigenvalue weighted by molar-refractivity contribution is 0.199. The number of hydrogen-bond acceptors (Lipinski definition) is 5. The van der Waals surface area contributed by atoms with E-state index in [0.29, 0.717) is 24.7 Å². The van der Waals surface area contributed by atoms with Gasteiger partial charge in [-0.15, -0.1) is 0 Å². The average molecular weight is 333 g/mol. The number of benzene rings is 1. The van der Waals surface area contributed by atoms with Crippen molar-refractivity contribution in [2.45, 2.75) is 6.54 Å². The number of halogens is 1. The van der Waals surface area contributed by atoms with Crippen LogP contribution in [-0.4, -0.2) is 53.3 Å². The van der Waals surface area contributed by atoms with E-state index in [1.165, 1.54) is 0 Å². The molecule has 2 rings (SSSR count). The summed E-state index contributed by atoms with van der Waals surface area (Å²) in [7, 11) is -1.20. The summed E-state index contributed by atoms with van der Waals surface area (Å²) >= 11 is 6.33. The van der Waals surface area contributed by atoms with Crippen LogP contribution in [0.25, 0.3) is 0 Å². The molecular formula is C14H21ClN2O3S. The first-order chi connectivity index (χ1) is 10.0. The van der Waals surface area contributed by atoms with Gasteiger partial charge in [0.05, 0.1) is 28.8 Å². The van der Waals surface area contributed by atoms with Gasteiger partial charge in [-0.05, 0) is 17.7 Å². The maximum absolute atomic E-state index is 11.5. The van der Waals surface area contributed by atoms with Crippen LogP contribution < -0.4 is 10.2 Å². The maximum Gasteiger partial charge on any atom is 0.153 e. The molecule has 0 radical (unpaired) electrons. The topological polar surface area (TPSA) is 58.6 Å². The Hall–Kier alpha value is -0.820. The van der Waals surface area contributed by atoms with Crippen molar-refractivity contribution in [1.29, 1.82) is 0 Å². The first kappa shape index (κ1) is 16.5. The summed E-state index contributed by atoms with van der Waals surface area (Å²) in [6.45, 7) is 3.21. The van der Waals surface area contributed by atoms with Crippen LogP contribution in [0, 0.1) is 0 Å². The summed E-state index contributed by atoms with van der Waals surface area (Å²) in [5.74, 6) is 0.396. The summed E-state index contributed by atoms with van der Waals surface area (Å²) in [6, 6.07) is 5.91. The van der Waals surface area contributed by atoms with E-state index in [1.54, 1.807) is 7.11 Å². The summed E-state index contributed by atoms with van der Waals surface area (Å²) < 4.78 is 27.9. The second-order valence-corrected chi connectivity index (χ2v) is 7.81. The van der Waals surface area contributed by atoms with Crippen molar-refractivity contribution in [3.8, 4) is 0 Å². The highest BCUT2D eigenvalue weighted by molar-refractivity contribution is 7.91. The second kappa shape index (κ2) is 7.45. The molecule has 1 aromatic carbocycles. The van der Waals surface area contributed by atoms with Gasteiger partial charge in [0.25, 0.3) is 0 Å². The standard InChI is InChI=1S/C14H21ClN2O3S/c1-20-7-4-16-11-12-2-3-14(13(15)10-12)17-5-8-21(18,19)9-6-17/h2-3,10,16H,4-9,11H2,1H3. The number of nitrogens with one attached hydrogen (secondary N) is 1. The van der Waals surface area contributed by atoms with Crippen LogP contribution in [0.3, 0.4) is 0 Å². The van der Waals surface area contributed by atoms with E-state index >= 15 is 0 Å². The summed E-state index contributed by atoms with van der Waals surface area (Å²) in [4.78, 5) is 2.03. The van der Waals surface area contributed by atoms with Gasteiger partial charge in [-0.25, -0.2) is 8.42 Å². The molecule has 1 fully saturated rings. The zero-order valence-corrected chi connectivity index (χ0v) is 13.7. The van der Waals surface area contributed by atoms with E-state index in [9.17, 15) is 8.42 Å². The number of nitrogens with zero attached hydrogens (tertiary/aromatic N) is 1. The van der Waals surface area contributed by atoms with Crippen LogP contribution in [-0.2, 0) is 21.1 Å². The molecule has 0 saturated carbocycles. The lowest BCUT2D eigenvalue weighted by Crippen LogP contribution is -2.40. The number of hydrogen-bond donors (Lipinski definition) is 1. The highest BCUT2D eigenvalue weighted by atomic mass is 35.5. The van der Waals surface area contributed by atoms with E-state index in [1.807, 2.05) is 23.1 Å². The minimum atomic E-state index is -2.87. The zero-order valence-electron chi connectivity index (χ0n) is 12.1. The molecule has 1 heterocycles. The minimum absolute atomic E-state index is 0.198. The van der Waals surface area contributed by atoms with Crippen LogP contribution in [0.2, 0.25) is 5.02 Å². The molecular weight excluding hydrogens is 312 g/mol. The van der Waals surface area contributed by atoms with E-state index in [-0.39, 0.29) is 11.5 Å². The molecule has 1 aliphatic heterocycles. The Labute approximate surface area is 131 Å². The van der Waals surface area contributed by atoms with Gasteiger partial charge in [-0.2, -0.15) is 0 Å². The Morgan fingerprint density at radius 3 is 2.67 bits per heavy atom. The lowest BCUT2D eigenvalue weighted by Gasteiger charge is -2.29. The molecule has 0 bridgehead atoms. The Kier molecular flexibility index (Phi) is 5.87. The van der Waals surface area contributed by atoms with Crippen LogP contribution >= 0.6 is 11.6 Å². The second-order valence-electron chi connectivity index (χ2n) is 5.09. The molecule has 21 heavy (non-hydrogen) atoms. The Morgan fingerprint density at radius 2 is 2.05 bits per heavy atom. The van der Waals surface area contributed by atoms with Gasteiger partial charge in [-0.3, -0.25) is 0 Å². The largest absolute Gasteiger partial charge is 0.383 e. The quantitative estimate of drug-likeness (QED) is 0.796. The van der Waals surface area contributed by atoms with Gasteiger partial charge in [0.15, 0.2) is 9.84 Å². The number of ether oxygens (including phenoxy) is 1. The van der Waals surface area contributed by atoms with E-state index in [0.717, 1.165) is 24.3 Å². The van der Waals surface area contributed by atoms with Crippen LogP contribution in [0.15, 0.2) is 18.2 Å². The summed E-state index contributed by atoms with van der Waals surface area (Å²) in [5.41, 5.74) is 2.01. The number of rotatable bonds is 6. The fourth-order valence-corrected chi connectivity index (χ4v) is 3.80. The molecule has 1 aromatic rings. The van der Waals surface area contributed by atoms with E-state index in [2.05, 4.69) is 5.32 Å². The van der Waals surface area contributed by atoms with Crippen LogP contribution in [0.4, 0.5) is 5.69 Å². The molecule has 0 atom stereocenters. The van der Waals surface area contributed by atoms with Gasteiger partial charge in [0, 0.05) is 33.3 Å². The third kappa shape index (κ3) is 4.85. The van der Waals surface area contributed by atoms with Crippen molar-refractivity contribution >= 4 is 27.1 Å². The van der Waals surface area contributed by atoms with Gasteiger partial charge in [0.1, 0.15) is 0 Å². The van der Waals surface area contributed by atoms with Gasteiger partial charge in [-0.1, -0.05) is 17.7 Å². The number of sulfone groups is 1. The normalized spacial score (nSPS) is 17.9. The highest BCUT2D eigenvalue weighted by Gasteiger charge is 2.22. The Balaban J connectivity index is 1.96. The predicted molar refractivity (Wildman–Crippen MR) is 85.9 cm³/mol. The molecule has 1 aliphatic rings. The lowest BCUT2D eigenvalue weighted by atomic mass is 10.2. The zero-order chi connectivity index (χ0) is 15.3. The van der Waals surface area contributed by atoms with Gasteiger partial charge < -0.3 is 15.0 Å². The molecule has 1 N–H and O–H groups in total. The van der Waals surface area contributed by atoms with Crippen LogP contribution in [0.1, 0.15) is 5.56 Å². The van der Waals surface area contributed by atoms with Crippen LogP contribution in [0.5, 0.6) is 0 Å². The number of anilines is 1. The van der Waals surface area contributed by atoms with Gasteiger partial charge >= 0.3 is 0 Å². The van der Waals surface area contributed by atoms with Crippen molar-refractivity contribution in [2.75, 3.05) is 49.8 Å². The molecule has 0 amide bonds. The first-order valence-corrected chi connectivity index (χ1v) is 9.15. The Morgan fingerprint density at radius 1 is 1.33 bits per heavy atom. The number of methoxy groups -OCH3 is 1. The first-order valence-electron chi connectivity index (χ1n) is 6.95. The molecule has 0 aliphatic carbocycles. The fourth-order valence-electron chi connectivity index (χ4n) is 2.28. The molecule has 118 valence electrons. The molecule has 7 heteroatoms. The van der Waals surface area contributed by atoms with Gasteiger partial charge in [0.2, 0.25) is 0 Å². The smallest absolute Gasteiger partial charge is 0.153 e. The minimum Gasteiger partial charge on any atom is -0.383 e. The average Bonchev–Trinajstić information content (AvgIpc) is 2.44. The van der Waals surface area contributed by atoms with Crippen molar-refractivity contribution in [1.82, 2.24) is 5.32 Å². The monoisotopic (exact) mass is 332 g/mol.